The van der Waals surface area contributed by atoms with E-state index >= 15 is 0 Å². The molecule has 156 valence electrons. The topological polar surface area (TPSA) is 85.7 Å². The average molecular weight is 400 g/mol. The van der Waals surface area contributed by atoms with Crippen LogP contribution in [0.3, 0.4) is 0 Å². The Hall–Kier alpha value is -2.71. The lowest BCUT2D eigenvalue weighted by atomic mass is 10.0. The molecule has 1 saturated heterocycles. The minimum Gasteiger partial charge on any atom is -0.496 e. The molecule has 0 bridgehead atoms. The van der Waals surface area contributed by atoms with Crippen molar-refractivity contribution in [2.45, 2.75) is 25.4 Å². The second-order valence-corrected chi connectivity index (χ2v) is 6.98. The summed E-state index contributed by atoms with van der Waals surface area (Å²) in [5.74, 6) is 0.500. The average Bonchev–Trinajstić information content (AvgIpc) is 3.28. The molecule has 8 nitrogen and oxygen atoms in total. The third kappa shape index (κ3) is 5.21. The maximum Gasteiger partial charge on any atom is 0.271 e. The number of nitrogens with zero attached hydrogens (tertiary/aromatic N) is 3. The first-order valence-corrected chi connectivity index (χ1v) is 9.86. The van der Waals surface area contributed by atoms with Crippen LogP contribution in [0.5, 0.6) is 5.75 Å². The van der Waals surface area contributed by atoms with Crippen LogP contribution in [-0.2, 0) is 11.3 Å². The number of carbonyl (C=O) groups excluding carboxylic acids is 1. The van der Waals surface area contributed by atoms with Gasteiger partial charge in [-0.3, -0.25) is 14.5 Å². The molecule has 2 aromatic rings. The first kappa shape index (κ1) is 21.0. The largest absolute Gasteiger partial charge is 0.496 e. The zero-order valence-electron chi connectivity index (χ0n) is 17.0. The van der Waals surface area contributed by atoms with E-state index in [4.69, 9.17) is 9.47 Å². The lowest BCUT2D eigenvalue weighted by molar-refractivity contribution is 0.0928. The summed E-state index contributed by atoms with van der Waals surface area (Å²) in [7, 11) is 3.21. The molecule has 1 aromatic heterocycles. The van der Waals surface area contributed by atoms with Gasteiger partial charge in [-0.2, -0.15) is 5.10 Å². The summed E-state index contributed by atoms with van der Waals surface area (Å²) in [6, 6.07) is 10.7. The van der Waals surface area contributed by atoms with E-state index in [9.17, 15) is 9.59 Å². The van der Waals surface area contributed by atoms with E-state index < -0.39 is 0 Å². The summed E-state index contributed by atoms with van der Waals surface area (Å²) in [6.45, 7) is 3.05. The van der Waals surface area contributed by atoms with Crippen LogP contribution in [0.25, 0.3) is 0 Å². The molecule has 0 spiro atoms. The van der Waals surface area contributed by atoms with Gasteiger partial charge in [-0.05, 0) is 38.1 Å². The zero-order valence-corrected chi connectivity index (χ0v) is 17.0. The molecule has 1 aliphatic rings. The Morgan fingerprint density at radius 3 is 2.66 bits per heavy atom. The molecule has 1 atom stereocenters. The number of likely N-dealkylation sites (tertiary alicyclic amines) is 1. The highest BCUT2D eigenvalue weighted by atomic mass is 16.5. The minimum absolute atomic E-state index is 0.0111. The van der Waals surface area contributed by atoms with Gasteiger partial charge in [0.2, 0.25) is 0 Å². The van der Waals surface area contributed by atoms with Gasteiger partial charge in [0.05, 0.1) is 26.3 Å². The Morgan fingerprint density at radius 2 is 1.93 bits per heavy atom. The van der Waals surface area contributed by atoms with Gasteiger partial charge in [0.1, 0.15) is 11.4 Å². The number of benzene rings is 1. The minimum atomic E-state index is -0.310. The predicted octanol–water partition coefficient (Wildman–Crippen LogP) is 1.47. The molecule has 3 rings (SSSR count). The van der Waals surface area contributed by atoms with Crippen molar-refractivity contribution in [2.24, 2.45) is 0 Å². The molecule has 0 radical (unpaired) electrons. The van der Waals surface area contributed by atoms with Crippen LogP contribution in [0.2, 0.25) is 0 Å². The first-order valence-electron chi connectivity index (χ1n) is 9.86. The molecule has 1 fully saturated rings. The van der Waals surface area contributed by atoms with Crippen LogP contribution >= 0.6 is 0 Å². The molecular formula is C21H28N4O4. The third-order valence-electron chi connectivity index (χ3n) is 5.14. The molecule has 2 heterocycles. The third-order valence-corrected chi connectivity index (χ3v) is 5.14. The van der Waals surface area contributed by atoms with Gasteiger partial charge >= 0.3 is 0 Å². The van der Waals surface area contributed by atoms with Crippen LogP contribution in [0.15, 0.2) is 41.2 Å². The molecule has 0 aliphatic carbocycles. The number of hydrogen-bond donors (Lipinski definition) is 1. The van der Waals surface area contributed by atoms with Crippen molar-refractivity contribution in [2.75, 3.05) is 40.5 Å². The Morgan fingerprint density at radius 1 is 1.17 bits per heavy atom. The number of para-hydroxylation sites is 1. The number of rotatable bonds is 9. The molecule has 8 heteroatoms. The normalized spacial score (nSPS) is 15.2. The van der Waals surface area contributed by atoms with Crippen molar-refractivity contribution in [3.63, 3.8) is 0 Å². The van der Waals surface area contributed by atoms with Crippen molar-refractivity contribution in [1.82, 2.24) is 20.0 Å². The molecule has 1 aliphatic heterocycles. The fourth-order valence-corrected chi connectivity index (χ4v) is 3.62. The highest BCUT2D eigenvalue weighted by Crippen LogP contribution is 2.31. The molecule has 0 saturated carbocycles. The van der Waals surface area contributed by atoms with Crippen molar-refractivity contribution in [3.8, 4) is 5.75 Å². The fraction of sp³-hybridized carbons (Fsp3) is 0.476. The molecule has 1 aromatic carbocycles. The van der Waals surface area contributed by atoms with E-state index in [-0.39, 0.29) is 23.2 Å². The number of ether oxygens (including phenoxy) is 2. The summed E-state index contributed by atoms with van der Waals surface area (Å²) in [5.41, 5.74) is 0.999. The fourth-order valence-electron chi connectivity index (χ4n) is 3.62. The van der Waals surface area contributed by atoms with E-state index in [1.54, 1.807) is 14.2 Å². The first-order chi connectivity index (χ1) is 14.1. The van der Waals surface area contributed by atoms with Gasteiger partial charge < -0.3 is 14.8 Å². The molecule has 1 unspecified atom stereocenters. The van der Waals surface area contributed by atoms with Gasteiger partial charge in [-0.15, -0.1) is 0 Å². The van der Waals surface area contributed by atoms with Crippen LogP contribution in [0.1, 0.15) is 34.9 Å². The second-order valence-electron chi connectivity index (χ2n) is 6.98. The second kappa shape index (κ2) is 10.2. The Kier molecular flexibility index (Phi) is 7.37. The number of aromatic nitrogens is 2. The molecule has 29 heavy (non-hydrogen) atoms. The number of methoxy groups -OCH3 is 2. The Bertz CT molecular complexity index is 877. The van der Waals surface area contributed by atoms with Crippen LogP contribution in [0, 0.1) is 0 Å². The SMILES string of the molecule is COCCn1nc(C(=O)NCC(c2ccccc2OC)N2CCCC2)ccc1=O. The summed E-state index contributed by atoms with van der Waals surface area (Å²) >= 11 is 0. The molecule has 1 amide bonds. The van der Waals surface area contributed by atoms with Crippen LogP contribution in [-0.4, -0.2) is 61.0 Å². The maximum absolute atomic E-state index is 12.7. The molecular weight excluding hydrogens is 372 g/mol. The van der Waals surface area contributed by atoms with Gasteiger partial charge in [0.25, 0.3) is 11.5 Å². The van der Waals surface area contributed by atoms with Crippen molar-refractivity contribution < 1.29 is 14.3 Å². The summed E-state index contributed by atoms with van der Waals surface area (Å²) < 4.78 is 11.8. The Balaban J connectivity index is 1.75. The van der Waals surface area contributed by atoms with Crippen LogP contribution < -0.4 is 15.6 Å². The Labute approximate surface area is 170 Å². The number of amides is 1. The number of nitrogens with one attached hydrogen (secondary N) is 1. The van der Waals surface area contributed by atoms with Gasteiger partial charge in [-0.1, -0.05) is 18.2 Å². The highest BCUT2D eigenvalue weighted by Gasteiger charge is 2.26. The molecule has 1 N–H and O–H groups in total. The van der Waals surface area contributed by atoms with Gasteiger partial charge in [0, 0.05) is 25.3 Å². The predicted molar refractivity (Wildman–Crippen MR) is 109 cm³/mol. The van der Waals surface area contributed by atoms with Crippen LogP contribution in [0.4, 0.5) is 0 Å². The monoisotopic (exact) mass is 400 g/mol. The zero-order chi connectivity index (χ0) is 20.6. The number of carbonyl (C=O) groups is 1. The lowest BCUT2D eigenvalue weighted by Gasteiger charge is -2.29. The highest BCUT2D eigenvalue weighted by molar-refractivity contribution is 5.92. The van der Waals surface area contributed by atoms with Gasteiger partial charge in [0.15, 0.2) is 0 Å². The van der Waals surface area contributed by atoms with Crippen molar-refractivity contribution in [1.29, 1.82) is 0 Å². The van der Waals surface area contributed by atoms with E-state index in [0.717, 1.165) is 37.2 Å². The number of hydrogen-bond acceptors (Lipinski definition) is 6. The smallest absolute Gasteiger partial charge is 0.271 e. The van der Waals surface area contributed by atoms with E-state index in [0.29, 0.717) is 19.7 Å². The standard InChI is InChI=1S/C21H28N4O4/c1-28-14-13-25-20(26)10-9-17(23-25)21(27)22-15-18(24-11-5-6-12-24)16-7-3-4-8-19(16)29-2/h3-4,7-10,18H,5-6,11-15H2,1-2H3,(H,22,27). The summed E-state index contributed by atoms with van der Waals surface area (Å²) in [6.07, 6.45) is 2.29. The lowest BCUT2D eigenvalue weighted by Crippen LogP contribution is -2.38. The quantitative estimate of drug-likeness (QED) is 0.686. The summed E-state index contributed by atoms with van der Waals surface area (Å²) in [5, 5.41) is 7.15. The van der Waals surface area contributed by atoms with E-state index in [1.165, 1.54) is 16.8 Å². The maximum atomic E-state index is 12.7. The van der Waals surface area contributed by atoms with Crippen molar-refractivity contribution in [3.05, 3.63) is 58.0 Å². The van der Waals surface area contributed by atoms with E-state index in [2.05, 4.69) is 15.3 Å². The van der Waals surface area contributed by atoms with Crippen molar-refractivity contribution >= 4 is 5.91 Å². The summed E-state index contributed by atoms with van der Waals surface area (Å²) in [4.78, 5) is 27.0. The van der Waals surface area contributed by atoms with E-state index in [1.807, 2.05) is 24.3 Å². The van der Waals surface area contributed by atoms with Gasteiger partial charge in [-0.25, -0.2) is 4.68 Å².